The molecule has 0 aliphatic carbocycles. The van der Waals surface area contributed by atoms with Gasteiger partial charge in [0.1, 0.15) is 10.8 Å². The number of aryl methyl sites for hydroxylation is 1. The number of ketones is 1. The lowest BCUT2D eigenvalue weighted by Gasteiger charge is -2.16. The molecule has 3 rings (SSSR count). The second kappa shape index (κ2) is 3.93. The average Bonchev–Trinajstić information content (AvgIpc) is 2.93. The lowest BCUT2D eigenvalue weighted by molar-refractivity contribution is -0.123. The second-order valence-electron chi connectivity index (χ2n) is 4.74. The van der Waals surface area contributed by atoms with Crippen LogP contribution in [-0.2, 0) is 16.0 Å². The van der Waals surface area contributed by atoms with Crippen molar-refractivity contribution in [3.63, 3.8) is 0 Å². The molecule has 2 saturated heterocycles. The van der Waals surface area contributed by atoms with Gasteiger partial charge in [-0.25, -0.2) is 4.98 Å². The van der Waals surface area contributed by atoms with Crippen LogP contribution in [0, 0.1) is 12.8 Å². The average molecular weight is 237 g/mol. The summed E-state index contributed by atoms with van der Waals surface area (Å²) in [5.41, 5.74) is 1.01. The molecule has 2 aliphatic rings. The summed E-state index contributed by atoms with van der Waals surface area (Å²) in [6, 6.07) is 0. The Balaban J connectivity index is 1.65. The van der Waals surface area contributed by atoms with Crippen molar-refractivity contribution in [1.29, 1.82) is 0 Å². The normalized spacial score (nSPS) is 32.2. The van der Waals surface area contributed by atoms with Crippen LogP contribution in [0.1, 0.15) is 30.0 Å². The number of carbonyl (C=O) groups is 1. The van der Waals surface area contributed by atoms with Gasteiger partial charge >= 0.3 is 0 Å². The molecular weight excluding hydrogens is 222 g/mol. The van der Waals surface area contributed by atoms with Gasteiger partial charge in [0.2, 0.25) is 0 Å². The smallest absolute Gasteiger partial charge is 0.145 e. The number of fused-ring (bicyclic) bond motifs is 2. The molecule has 4 heteroatoms. The number of hydrogen-bond donors (Lipinski definition) is 0. The molecule has 0 amide bonds. The van der Waals surface area contributed by atoms with E-state index in [1.165, 1.54) is 0 Å². The summed E-state index contributed by atoms with van der Waals surface area (Å²) in [4.78, 5) is 16.4. The monoisotopic (exact) mass is 237 g/mol. The minimum Gasteiger partial charge on any atom is -0.374 e. The van der Waals surface area contributed by atoms with Crippen LogP contribution in [0.5, 0.6) is 0 Å². The number of hydrogen-bond acceptors (Lipinski definition) is 4. The summed E-state index contributed by atoms with van der Waals surface area (Å²) in [7, 11) is 0. The van der Waals surface area contributed by atoms with Crippen LogP contribution in [0.2, 0.25) is 0 Å². The first-order valence-corrected chi connectivity index (χ1v) is 6.69. The highest BCUT2D eigenvalue weighted by molar-refractivity contribution is 7.09. The fourth-order valence-corrected chi connectivity index (χ4v) is 3.52. The third-order valence-electron chi connectivity index (χ3n) is 3.51. The Bertz CT molecular complexity index is 415. The molecule has 86 valence electrons. The quantitative estimate of drug-likeness (QED) is 0.808. The summed E-state index contributed by atoms with van der Waals surface area (Å²) in [5.74, 6) is 0.463. The van der Waals surface area contributed by atoms with Crippen LogP contribution >= 0.6 is 11.3 Å². The minimum absolute atomic E-state index is 0.142. The van der Waals surface area contributed by atoms with Crippen LogP contribution in [0.4, 0.5) is 0 Å². The van der Waals surface area contributed by atoms with E-state index in [9.17, 15) is 4.79 Å². The maximum absolute atomic E-state index is 12.1. The van der Waals surface area contributed by atoms with Gasteiger partial charge in [0.05, 0.1) is 18.6 Å². The Morgan fingerprint density at radius 3 is 3.06 bits per heavy atom. The van der Waals surface area contributed by atoms with Gasteiger partial charge in [-0.05, 0) is 26.2 Å². The number of aromatic nitrogens is 1. The van der Waals surface area contributed by atoms with Gasteiger partial charge in [-0.15, -0.1) is 11.3 Å². The van der Waals surface area contributed by atoms with E-state index >= 15 is 0 Å². The molecule has 1 aromatic rings. The van der Waals surface area contributed by atoms with Gasteiger partial charge in [0.15, 0.2) is 0 Å². The molecule has 0 N–H and O–H groups in total. The predicted octanol–water partition coefficient (Wildman–Crippen LogP) is 2.13. The van der Waals surface area contributed by atoms with Crippen molar-refractivity contribution in [3.05, 3.63) is 16.1 Å². The van der Waals surface area contributed by atoms with Gasteiger partial charge in [-0.1, -0.05) is 0 Å². The SMILES string of the molecule is Cc1csc(CC(=O)C2CC3CCC2O3)n1. The van der Waals surface area contributed by atoms with Gasteiger partial charge in [0.25, 0.3) is 0 Å². The van der Waals surface area contributed by atoms with Crippen LogP contribution in [0.25, 0.3) is 0 Å². The van der Waals surface area contributed by atoms with Crippen LogP contribution in [0.15, 0.2) is 5.38 Å². The van der Waals surface area contributed by atoms with Crippen LogP contribution in [0.3, 0.4) is 0 Å². The molecule has 3 nitrogen and oxygen atoms in total. The van der Waals surface area contributed by atoms with E-state index in [0.29, 0.717) is 18.3 Å². The zero-order chi connectivity index (χ0) is 11.1. The van der Waals surface area contributed by atoms with Crippen molar-refractivity contribution in [1.82, 2.24) is 4.98 Å². The molecule has 0 aromatic carbocycles. The summed E-state index contributed by atoms with van der Waals surface area (Å²) in [6.45, 7) is 1.96. The largest absolute Gasteiger partial charge is 0.374 e. The Morgan fingerprint density at radius 1 is 1.62 bits per heavy atom. The van der Waals surface area contributed by atoms with Gasteiger partial charge in [0, 0.05) is 17.0 Å². The zero-order valence-electron chi connectivity index (χ0n) is 9.31. The number of nitrogens with zero attached hydrogens (tertiary/aromatic N) is 1. The Labute approximate surface area is 98.8 Å². The number of thiazole rings is 1. The van der Waals surface area contributed by atoms with E-state index in [2.05, 4.69) is 4.98 Å². The van der Waals surface area contributed by atoms with Crippen molar-refractivity contribution in [2.24, 2.45) is 5.92 Å². The molecule has 2 bridgehead atoms. The molecule has 3 unspecified atom stereocenters. The van der Waals surface area contributed by atoms with E-state index in [4.69, 9.17) is 4.74 Å². The fourth-order valence-electron chi connectivity index (χ4n) is 2.74. The molecule has 0 spiro atoms. The Hall–Kier alpha value is -0.740. The zero-order valence-corrected chi connectivity index (χ0v) is 10.1. The molecule has 0 radical (unpaired) electrons. The van der Waals surface area contributed by atoms with Gasteiger partial charge in [-0.2, -0.15) is 0 Å². The predicted molar refractivity (Wildman–Crippen MR) is 61.6 cm³/mol. The maximum Gasteiger partial charge on any atom is 0.145 e. The maximum atomic E-state index is 12.1. The highest BCUT2D eigenvalue weighted by Crippen LogP contribution is 2.39. The highest BCUT2D eigenvalue weighted by Gasteiger charge is 2.44. The third-order valence-corrected chi connectivity index (χ3v) is 4.48. The summed E-state index contributed by atoms with van der Waals surface area (Å²) < 4.78 is 5.71. The minimum atomic E-state index is 0.142. The lowest BCUT2D eigenvalue weighted by atomic mass is 9.85. The van der Waals surface area contributed by atoms with Gasteiger partial charge in [-0.3, -0.25) is 4.79 Å². The van der Waals surface area contributed by atoms with Gasteiger partial charge < -0.3 is 4.74 Å². The van der Waals surface area contributed by atoms with Crippen molar-refractivity contribution < 1.29 is 9.53 Å². The molecule has 0 saturated carbocycles. The van der Waals surface area contributed by atoms with E-state index in [-0.39, 0.29) is 12.0 Å². The summed E-state index contributed by atoms with van der Waals surface area (Å²) in [5, 5.41) is 2.95. The van der Waals surface area contributed by atoms with Crippen molar-refractivity contribution in [2.45, 2.75) is 44.8 Å². The van der Waals surface area contributed by atoms with Crippen molar-refractivity contribution in [3.8, 4) is 0 Å². The standard InChI is InChI=1S/C12H15NO2S/c1-7-6-16-12(13-7)5-10(14)9-4-8-2-3-11(9)15-8/h6,8-9,11H,2-5H2,1H3. The highest BCUT2D eigenvalue weighted by atomic mass is 32.1. The van der Waals surface area contributed by atoms with E-state index in [1.54, 1.807) is 11.3 Å². The molecule has 16 heavy (non-hydrogen) atoms. The van der Waals surface area contributed by atoms with E-state index < -0.39 is 0 Å². The topological polar surface area (TPSA) is 39.2 Å². The number of Topliss-reactive ketones (excluding diaryl/α,β-unsaturated/α-hetero) is 1. The lowest BCUT2D eigenvalue weighted by Crippen LogP contribution is -2.26. The summed E-state index contributed by atoms with van der Waals surface area (Å²) in [6.07, 6.45) is 4.21. The fraction of sp³-hybridized carbons (Fsp3) is 0.667. The van der Waals surface area contributed by atoms with E-state index in [0.717, 1.165) is 30.0 Å². The first kappa shape index (κ1) is 10.4. The van der Waals surface area contributed by atoms with E-state index in [1.807, 2.05) is 12.3 Å². The molecule has 2 fully saturated rings. The molecule has 3 atom stereocenters. The first-order valence-electron chi connectivity index (χ1n) is 5.81. The Kier molecular flexibility index (Phi) is 2.56. The third kappa shape index (κ3) is 1.80. The molecule has 3 heterocycles. The second-order valence-corrected chi connectivity index (χ2v) is 5.68. The van der Waals surface area contributed by atoms with Crippen LogP contribution < -0.4 is 0 Å². The number of rotatable bonds is 3. The van der Waals surface area contributed by atoms with Crippen LogP contribution in [-0.4, -0.2) is 23.0 Å². The molecule has 2 aliphatic heterocycles. The number of carbonyl (C=O) groups excluding carboxylic acids is 1. The summed E-state index contributed by atoms with van der Waals surface area (Å²) >= 11 is 1.58. The van der Waals surface area contributed by atoms with Crippen molar-refractivity contribution in [2.75, 3.05) is 0 Å². The Morgan fingerprint density at radius 2 is 2.50 bits per heavy atom. The van der Waals surface area contributed by atoms with Crippen molar-refractivity contribution >= 4 is 17.1 Å². The first-order chi connectivity index (χ1) is 7.72. The molecule has 1 aromatic heterocycles. The number of ether oxygens (including phenoxy) is 1. The molecular formula is C12H15NO2S.